The number of benzene rings is 1. The summed E-state index contributed by atoms with van der Waals surface area (Å²) in [7, 11) is 0. The second kappa shape index (κ2) is 10.5. The number of phenolic OH excluding ortho intramolecular Hbond substituents is 1. The van der Waals surface area contributed by atoms with Gasteiger partial charge < -0.3 is 15.7 Å². The Morgan fingerprint density at radius 2 is 2.00 bits per heavy atom. The first-order valence-corrected chi connectivity index (χ1v) is 6.77. The summed E-state index contributed by atoms with van der Waals surface area (Å²) in [5.74, 6) is 0.556. The summed E-state index contributed by atoms with van der Waals surface area (Å²) >= 11 is 0. The molecular formula is C14H21F3IN3O. The average molecular weight is 431 g/mol. The summed E-state index contributed by atoms with van der Waals surface area (Å²) in [6.45, 7) is 2.63. The zero-order valence-electron chi connectivity index (χ0n) is 12.3. The fraction of sp³-hybridized carbons (Fsp3) is 0.500. The van der Waals surface area contributed by atoms with Crippen LogP contribution >= 0.6 is 24.0 Å². The molecule has 8 heteroatoms. The fourth-order valence-corrected chi connectivity index (χ4v) is 1.67. The number of aliphatic imine (C=N–C) groups is 1. The van der Waals surface area contributed by atoms with Gasteiger partial charge in [-0.1, -0.05) is 12.1 Å². The van der Waals surface area contributed by atoms with Gasteiger partial charge in [0.15, 0.2) is 5.96 Å². The molecule has 0 aliphatic carbocycles. The lowest BCUT2D eigenvalue weighted by Gasteiger charge is -2.12. The molecule has 0 aromatic heterocycles. The van der Waals surface area contributed by atoms with Crippen LogP contribution in [0.25, 0.3) is 0 Å². The third-order valence-electron chi connectivity index (χ3n) is 2.63. The first kappa shape index (κ1) is 20.8. The van der Waals surface area contributed by atoms with E-state index in [0.29, 0.717) is 25.5 Å². The van der Waals surface area contributed by atoms with Gasteiger partial charge in [0.05, 0.1) is 13.0 Å². The van der Waals surface area contributed by atoms with Gasteiger partial charge in [-0.25, -0.2) is 0 Å². The van der Waals surface area contributed by atoms with Gasteiger partial charge in [0.2, 0.25) is 0 Å². The number of nitrogens with zero attached hydrogens (tertiary/aromatic N) is 1. The molecule has 0 saturated carbocycles. The molecular weight excluding hydrogens is 410 g/mol. The van der Waals surface area contributed by atoms with E-state index in [9.17, 15) is 18.3 Å². The average Bonchev–Trinajstić information content (AvgIpc) is 2.37. The summed E-state index contributed by atoms with van der Waals surface area (Å²) < 4.78 is 36.2. The predicted molar refractivity (Wildman–Crippen MR) is 91.9 cm³/mol. The van der Waals surface area contributed by atoms with Gasteiger partial charge in [0.25, 0.3) is 0 Å². The maximum Gasteiger partial charge on any atom is 0.390 e. The van der Waals surface area contributed by atoms with Gasteiger partial charge >= 0.3 is 6.18 Å². The third kappa shape index (κ3) is 9.69. The van der Waals surface area contributed by atoms with Crippen LogP contribution in [0.4, 0.5) is 13.2 Å². The highest BCUT2D eigenvalue weighted by Gasteiger charge is 2.26. The minimum atomic E-state index is -4.19. The van der Waals surface area contributed by atoms with Gasteiger partial charge in [-0.2, -0.15) is 13.2 Å². The number of hydrogen-bond acceptors (Lipinski definition) is 2. The lowest BCUT2D eigenvalue weighted by molar-refractivity contribution is -0.132. The van der Waals surface area contributed by atoms with Crippen LogP contribution in [-0.4, -0.2) is 36.9 Å². The first-order chi connectivity index (χ1) is 9.90. The number of rotatable bonds is 6. The molecule has 1 rings (SSSR count). The zero-order valence-corrected chi connectivity index (χ0v) is 14.6. The summed E-state index contributed by atoms with van der Waals surface area (Å²) in [6, 6.07) is 6.84. The summed E-state index contributed by atoms with van der Waals surface area (Å²) in [4.78, 5) is 3.87. The molecule has 0 bridgehead atoms. The van der Waals surface area contributed by atoms with Crippen molar-refractivity contribution in [2.75, 3.05) is 19.6 Å². The van der Waals surface area contributed by atoms with Crippen LogP contribution in [0.3, 0.4) is 0 Å². The molecule has 1 aromatic rings. The van der Waals surface area contributed by atoms with Crippen LogP contribution in [0.1, 0.15) is 18.9 Å². The van der Waals surface area contributed by atoms with Crippen LogP contribution in [0.5, 0.6) is 5.75 Å². The molecule has 0 spiro atoms. The van der Waals surface area contributed by atoms with Crippen LogP contribution in [0.2, 0.25) is 0 Å². The monoisotopic (exact) mass is 431 g/mol. The summed E-state index contributed by atoms with van der Waals surface area (Å²) in [5.41, 5.74) is 0.939. The Kier molecular flexibility index (Phi) is 9.95. The lowest BCUT2D eigenvalue weighted by atomic mass is 10.1. The maximum atomic E-state index is 12.1. The maximum absolute atomic E-state index is 12.1. The molecule has 22 heavy (non-hydrogen) atoms. The molecule has 0 aliphatic heterocycles. The van der Waals surface area contributed by atoms with Crippen molar-refractivity contribution in [1.29, 1.82) is 0 Å². The minimum Gasteiger partial charge on any atom is -0.508 e. The molecule has 4 nitrogen and oxygen atoms in total. The van der Waals surface area contributed by atoms with Crippen LogP contribution in [0, 0.1) is 0 Å². The Labute approximate surface area is 145 Å². The van der Waals surface area contributed by atoms with Crippen molar-refractivity contribution < 1.29 is 18.3 Å². The quantitative estimate of drug-likeness (QED) is 0.369. The minimum absolute atomic E-state index is 0. The molecule has 0 amide bonds. The molecule has 0 heterocycles. The first-order valence-electron chi connectivity index (χ1n) is 6.77. The molecule has 0 saturated heterocycles. The number of guanidine groups is 1. The lowest BCUT2D eigenvalue weighted by Crippen LogP contribution is -2.38. The van der Waals surface area contributed by atoms with E-state index in [4.69, 9.17) is 0 Å². The van der Waals surface area contributed by atoms with E-state index in [-0.39, 0.29) is 36.3 Å². The molecule has 1 aromatic carbocycles. The second-order valence-corrected chi connectivity index (χ2v) is 4.47. The van der Waals surface area contributed by atoms with Crippen molar-refractivity contribution in [3.8, 4) is 5.75 Å². The Bertz CT molecular complexity index is 467. The van der Waals surface area contributed by atoms with E-state index in [2.05, 4.69) is 15.6 Å². The summed E-state index contributed by atoms with van der Waals surface area (Å²) in [5, 5.41) is 15.2. The highest BCUT2D eigenvalue weighted by molar-refractivity contribution is 14.0. The van der Waals surface area contributed by atoms with Crippen molar-refractivity contribution in [2.24, 2.45) is 4.99 Å². The van der Waals surface area contributed by atoms with Crippen molar-refractivity contribution >= 4 is 29.9 Å². The number of phenols is 1. The number of halogens is 4. The van der Waals surface area contributed by atoms with Crippen LogP contribution < -0.4 is 10.6 Å². The van der Waals surface area contributed by atoms with Crippen molar-refractivity contribution in [3.05, 3.63) is 29.8 Å². The number of hydrogen-bond donors (Lipinski definition) is 3. The predicted octanol–water partition coefficient (Wildman–Crippen LogP) is 3.06. The summed E-state index contributed by atoms with van der Waals surface area (Å²) in [6.07, 6.45) is -4.49. The standard InChI is InChI=1S/C14H20F3N3O.HI/c1-2-18-13(20-9-7-14(15,16)17)19-8-6-11-4-3-5-12(21)10-11;/h3-5,10,21H,2,6-9H2,1H3,(H2,18,19,20);1H. The van der Waals surface area contributed by atoms with Gasteiger partial charge in [0, 0.05) is 13.1 Å². The molecule has 0 unspecified atom stereocenters. The molecule has 0 atom stereocenters. The van der Waals surface area contributed by atoms with E-state index in [1.165, 1.54) is 0 Å². The van der Waals surface area contributed by atoms with Crippen molar-refractivity contribution in [3.63, 3.8) is 0 Å². The van der Waals surface area contributed by atoms with Crippen LogP contribution in [0.15, 0.2) is 29.3 Å². The Morgan fingerprint density at radius 3 is 2.59 bits per heavy atom. The molecule has 3 N–H and O–H groups in total. The van der Waals surface area contributed by atoms with Crippen molar-refractivity contribution in [1.82, 2.24) is 10.6 Å². The molecule has 126 valence electrons. The number of nitrogens with one attached hydrogen (secondary N) is 2. The van der Waals surface area contributed by atoms with E-state index < -0.39 is 12.6 Å². The normalized spacial score (nSPS) is 11.7. The van der Waals surface area contributed by atoms with E-state index in [0.717, 1.165) is 5.56 Å². The Morgan fingerprint density at radius 1 is 1.27 bits per heavy atom. The second-order valence-electron chi connectivity index (χ2n) is 4.47. The molecule has 0 radical (unpaired) electrons. The largest absolute Gasteiger partial charge is 0.508 e. The zero-order chi connectivity index (χ0) is 15.7. The van der Waals surface area contributed by atoms with Gasteiger partial charge in [-0.05, 0) is 31.0 Å². The van der Waals surface area contributed by atoms with Gasteiger partial charge in [-0.15, -0.1) is 24.0 Å². The molecule has 0 fully saturated rings. The van der Waals surface area contributed by atoms with Crippen molar-refractivity contribution in [2.45, 2.75) is 25.9 Å². The highest BCUT2D eigenvalue weighted by Crippen LogP contribution is 2.18. The number of aromatic hydroxyl groups is 1. The Balaban J connectivity index is 0.00000441. The smallest absolute Gasteiger partial charge is 0.390 e. The topological polar surface area (TPSA) is 56.7 Å². The van der Waals surface area contributed by atoms with E-state index in [1.807, 2.05) is 13.0 Å². The van der Waals surface area contributed by atoms with E-state index in [1.54, 1.807) is 18.2 Å². The van der Waals surface area contributed by atoms with Crippen LogP contribution in [-0.2, 0) is 6.42 Å². The SMILES string of the molecule is CCNC(=NCCC(F)(F)F)NCCc1cccc(O)c1.I. The Hall–Kier alpha value is -1.19. The fourth-order valence-electron chi connectivity index (χ4n) is 1.67. The molecule has 0 aliphatic rings. The van der Waals surface area contributed by atoms with Gasteiger partial charge in [-0.3, -0.25) is 4.99 Å². The number of alkyl halides is 3. The highest BCUT2D eigenvalue weighted by atomic mass is 127. The van der Waals surface area contributed by atoms with Gasteiger partial charge in [0.1, 0.15) is 5.75 Å². The third-order valence-corrected chi connectivity index (χ3v) is 2.63. The van der Waals surface area contributed by atoms with E-state index >= 15 is 0 Å².